The van der Waals surface area contributed by atoms with Gasteiger partial charge < -0.3 is 10.5 Å². The summed E-state index contributed by atoms with van der Waals surface area (Å²) in [4.78, 5) is 2.45. The lowest BCUT2D eigenvalue weighted by atomic mass is 10.0. The van der Waals surface area contributed by atoms with Crippen LogP contribution < -0.4 is 5.73 Å². The van der Waals surface area contributed by atoms with E-state index < -0.39 is 0 Å². The minimum atomic E-state index is 0.293. The van der Waals surface area contributed by atoms with Crippen molar-refractivity contribution in [2.24, 2.45) is 12.8 Å². The fraction of sp³-hybridized carbons (Fsp3) is 0.769. The van der Waals surface area contributed by atoms with Crippen molar-refractivity contribution in [3.05, 3.63) is 18.0 Å². The highest BCUT2D eigenvalue weighted by Gasteiger charge is 2.26. The fourth-order valence-corrected chi connectivity index (χ4v) is 2.70. The van der Waals surface area contributed by atoms with Gasteiger partial charge in [0.1, 0.15) is 0 Å². The molecule has 18 heavy (non-hydrogen) atoms. The topological polar surface area (TPSA) is 56.3 Å². The highest BCUT2D eigenvalue weighted by molar-refractivity contribution is 5.11. The molecule has 1 aliphatic heterocycles. The summed E-state index contributed by atoms with van der Waals surface area (Å²) in [6, 6.07) is 0.293. The first-order chi connectivity index (χ1) is 8.74. The molecule has 1 aromatic rings. The second-order valence-corrected chi connectivity index (χ2v) is 4.89. The van der Waals surface area contributed by atoms with E-state index in [1.54, 1.807) is 0 Å². The predicted octanol–water partition coefficient (Wildman–Crippen LogP) is 0.921. The Kier molecular flexibility index (Phi) is 4.74. The smallest absolute Gasteiger partial charge is 0.0599 e. The lowest BCUT2D eigenvalue weighted by molar-refractivity contribution is 0.00451. The molecule has 0 bridgehead atoms. The van der Waals surface area contributed by atoms with E-state index in [9.17, 15) is 0 Å². The first-order valence-corrected chi connectivity index (χ1v) is 6.78. The van der Waals surface area contributed by atoms with Crippen molar-refractivity contribution in [1.29, 1.82) is 0 Å². The van der Waals surface area contributed by atoms with Gasteiger partial charge in [-0.3, -0.25) is 9.58 Å². The molecule has 0 radical (unpaired) electrons. The summed E-state index contributed by atoms with van der Waals surface area (Å²) in [5.41, 5.74) is 7.15. The maximum absolute atomic E-state index is 5.93. The second kappa shape index (κ2) is 6.31. The third-order valence-electron chi connectivity index (χ3n) is 3.65. The number of aryl methyl sites for hydroxylation is 1. The molecule has 0 saturated carbocycles. The van der Waals surface area contributed by atoms with Crippen molar-refractivity contribution in [3.63, 3.8) is 0 Å². The summed E-state index contributed by atoms with van der Waals surface area (Å²) in [6.45, 7) is 5.63. The minimum absolute atomic E-state index is 0.293. The molecule has 1 aliphatic rings. The van der Waals surface area contributed by atoms with Crippen LogP contribution in [0.4, 0.5) is 0 Å². The molecule has 1 fully saturated rings. The van der Waals surface area contributed by atoms with Crippen LogP contribution in [0.3, 0.4) is 0 Å². The second-order valence-electron chi connectivity index (χ2n) is 4.89. The SMILES string of the molecule is CCOC1CCN(C(CN)c2cnn(C)c2)CC1. The summed E-state index contributed by atoms with van der Waals surface area (Å²) in [5, 5.41) is 4.23. The normalized spacial score (nSPS) is 20.2. The zero-order valence-electron chi connectivity index (χ0n) is 11.4. The van der Waals surface area contributed by atoms with Crippen molar-refractivity contribution < 1.29 is 4.74 Å². The van der Waals surface area contributed by atoms with Gasteiger partial charge in [0.05, 0.1) is 18.3 Å². The van der Waals surface area contributed by atoms with Crippen LogP contribution in [-0.2, 0) is 11.8 Å². The van der Waals surface area contributed by atoms with E-state index in [4.69, 9.17) is 10.5 Å². The van der Waals surface area contributed by atoms with Crippen molar-refractivity contribution in [3.8, 4) is 0 Å². The summed E-state index contributed by atoms with van der Waals surface area (Å²) in [6.07, 6.45) is 6.62. The average molecular weight is 252 g/mol. The highest BCUT2D eigenvalue weighted by Crippen LogP contribution is 2.24. The lowest BCUT2D eigenvalue weighted by Crippen LogP contribution is -2.41. The zero-order valence-corrected chi connectivity index (χ0v) is 11.4. The summed E-state index contributed by atoms with van der Waals surface area (Å²) in [7, 11) is 1.94. The van der Waals surface area contributed by atoms with Crippen molar-refractivity contribution in [1.82, 2.24) is 14.7 Å². The van der Waals surface area contributed by atoms with E-state index in [-0.39, 0.29) is 0 Å². The lowest BCUT2D eigenvalue weighted by Gasteiger charge is -2.36. The Labute approximate surface area is 109 Å². The van der Waals surface area contributed by atoms with Crippen molar-refractivity contribution in [2.75, 3.05) is 26.2 Å². The molecule has 0 amide bonds. The molecular formula is C13H24N4O. The number of hydrogen-bond acceptors (Lipinski definition) is 4. The van der Waals surface area contributed by atoms with Gasteiger partial charge in [0.2, 0.25) is 0 Å². The number of likely N-dealkylation sites (tertiary alicyclic amines) is 1. The van der Waals surface area contributed by atoms with Gasteiger partial charge in [0, 0.05) is 45.0 Å². The van der Waals surface area contributed by atoms with Gasteiger partial charge in [-0.25, -0.2) is 0 Å². The van der Waals surface area contributed by atoms with Gasteiger partial charge in [-0.15, -0.1) is 0 Å². The molecule has 102 valence electrons. The van der Waals surface area contributed by atoms with Gasteiger partial charge in [-0.1, -0.05) is 0 Å². The standard InChI is InChI=1S/C13H24N4O/c1-3-18-12-4-6-17(7-5-12)13(8-14)11-9-15-16(2)10-11/h9-10,12-13H,3-8,14H2,1-2H3. The monoisotopic (exact) mass is 252 g/mol. The van der Waals surface area contributed by atoms with Crippen molar-refractivity contribution in [2.45, 2.75) is 31.9 Å². The molecular weight excluding hydrogens is 228 g/mol. The average Bonchev–Trinajstić information content (AvgIpc) is 2.79. The van der Waals surface area contributed by atoms with Gasteiger partial charge in [-0.05, 0) is 19.8 Å². The van der Waals surface area contributed by atoms with E-state index in [1.807, 2.05) is 17.9 Å². The quantitative estimate of drug-likeness (QED) is 0.846. The number of nitrogens with zero attached hydrogens (tertiary/aromatic N) is 3. The third-order valence-corrected chi connectivity index (χ3v) is 3.65. The third kappa shape index (κ3) is 3.10. The van der Waals surface area contributed by atoms with E-state index in [1.165, 1.54) is 5.56 Å². The van der Waals surface area contributed by atoms with Gasteiger partial charge in [0.25, 0.3) is 0 Å². The number of ether oxygens (including phenoxy) is 1. The summed E-state index contributed by atoms with van der Waals surface area (Å²) in [5.74, 6) is 0. The number of aromatic nitrogens is 2. The Morgan fingerprint density at radius 3 is 2.72 bits per heavy atom. The number of piperidine rings is 1. The Balaban J connectivity index is 1.94. The molecule has 5 heteroatoms. The Hall–Kier alpha value is -0.910. The summed E-state index contributed by atoms with van der Waals surface area (Å²) >= 11 is 0. The molecule has 2 N–H and O–H groups in total. The van der Waals surface area contributed by atoms with Gasteiger partial charge in [-0.2, -0.15) is 5.10 Å². The van der Waals surface area contributed by atoms with Crippen LogP contribution in [0, 0.1) is 0 Å². The molecule has 0 spiro atoms. The maximum atomic E-state index is 5.93. The van der Waals surface area contributed by atoms with Crippen LogP contribution in [-0.4, -0.2) is 47.0 Å². The number of nitrogens with two attached hydrogens (primary N) is 1. The molecule has 5 nitrogen and oxygen atoms in total. The Bertz CT molecular complexity index is 358. The molecule has 1 atom stereocenters. The molecule has 2 heterocycles. The Morgan fingerprint density at radius 2 is 2.22 bits per heavy atom. The van der Waals surface area contributed by atoms with Crippen LogP contribution in [0.1, 0.15) is 31.4 Å². The number of rotatable bonds is 5. The fourth-order valence-electron chi connectivity index (χ4n) is 2.70. The van der Waals surface area contributed by atoms with Crippen LogP contribution in [0.2, 0.25) is 0 Å². The zero-order chi connectivity index (χ0) is 13.0. The molecule has 0 aliphatic carbocycles. The maximum Gasteiger partial charge on any atom is 0.0599 e. The predicted molar refractivity (Wildman–Crippen MR) is 71.2 cm³/mol. The first kappa shape index (κ1) is 13.5. The Morgan fingerprint density at radius 1 is 1.50 bits per heavy atom. The molecule has 1 aromatic heterocycles. The highest BCUT2D eigenvalue weighted by atomic mass is 16.5. The minimum Gasteiger partial charge on any atom is -0.378 e. The summed E-state index contributed by atoms with van der Waals surface area (Å²) < 4.78 is 7.52. The molecule has 2 rings (SSSR count). The van der Waals surface area contributed by atoms with E-state index in [0.29, 0.717) is 18.7 Å². The molecule has 0 aromatic carbocycles. The van der Waals surface area contributed by atoms with E-state index in [0.717, 1.165) is 32.5 Å². The van der Waals surface area contributed by atoms with Gasteiger partial charge in [0.15, 0.2) is 0 Å². The first-order valence-electron chi connectivity index (χ1n) is 6.78. The largest absolute Gasteiger partial charge is 0.378 e. The van der Waals surface area contributed by atoms with Crippen LogP contribution >= 0.6 is 0 Å². The number of hydrogen-bond donors (Lipinski definition) is 1. The van der Waals surface area contributed by atoms with Gasteiger partial charge >= 0.3 is 0 Å². The molecule has 1 saturated heterocycles. The van der Waals surface area contributed by atoms with Crippen molar-refractivity contribution >= 4 is 0 Å². The van der Waals surface area contributed by atoms with Crippen LogP contribution in [0.15, 0.2) is 12.4 Å². The van der Waals surface area contributed by atoms with Crippen LogP contribution in [0.5, 0.6) is 0 Å². The molecule has 1 unspecified atom stereocenters. The van der Waals surface area contributed by atoms with E-state index in [2.05, 4.69) is 23.1 Å². The van der Waals surface area contributed by atoms with E-state index >= 15 is 0 Å². The van der Waals surface area contributed by atoms with Crippen LogP contribution in [0.25, 0.3) is 0 Å².